The number of hydrogen-bond acceptors (Lipinski definition) is 0. The SMILES string of the molecule is C=Cc1c(Cl)cccc1-c1cccc2ccccc12. The van der Waals surface area contributed by atoms with Gasteiger partial charge in [0.1, 0.15) is 0 Å². The minimum Gasteiger partial charge on any atom is -0.0984 e. The zero-order chi connectivity index (χ0) is 13.2. The molecule has 0 aliphatic heterocycles. The Balaban J connectivity index is 2.37. The summed E-state index contributed by atoms with van der Waals surface area (Å²) in [6.45, 7) is 3.87. The highest BCUT2D eigenvalue weighted by Gasteiger charge is 2.08. The molecule has 0 N–H and O–H groups in total. The van der Waals surface area contributed by atoms with Crippen LogP contribution in [0.25, 0.3) is 28.0 Å². The standard InChI is InChI=1S/C18H13Cl/c1-2-14-16(11-6-12-18(14)19)17-10-5-8-13-7-3-4-9-15(13)17/h2-12H,1H2. The van der Waals surface area contributed by atoms with Crippen molar-refractivity contribution in [3.63, 3.8) is 0 Å². The van der Waals surface area contributed by atoms with Crippen molar-refractivity contribution < 1.29 is 0 Å². The zero-order valence-corrected chi connectivity index (χ0v) is 11.2. The second-order valence-corrected chi connectivity index (χ2v) is 4.84. The number of hydrogen-bond donors (Lipinski definition) is 0. The van der Waals surface area contributed by atoms with Crippen LogP contribution >= 0.6 is 11.6 Å². The van der Waals surface area contributed by atoms with E-state index in [2.05, 4.69) is 55.1 Å². The summed E-state index contributed by atoms with van der Waals surface area (Å²) >= 11 is 6.26. The van der Waals surface area contributed by atoms with Crippen LogP contribution in [0.3, 0.4) is 0 Å². The third-order valence-electron chi connectivity index (χ3n) is 3.34. The fourth-order valence-electron chi connectivity index (χ4n) is 2.44. The summed E-state index contributed by atoms with van der Waals surface area (Å²) in [4.78, 5) is 0. The maximum Gasteiger partial charge on any atom is 0.0484 e. The van der Waals surface area contributed by atoms with Crippen LogP contribution < -0.4 is 0 Å². The largest absolute Gasteiger partial charge is 0.0984 e. The quantitative estimate of drug-likeness (QED) is 0.548. The van der Waals surface area contributed by atoms with Gasteiger partial charge >= 0.3 is 0 Å². The summed E-state index contributed by atoms with van der Waals surface area (Å²) in [6, 6.07) is 20.7. The van der Waals surface area contributed by atoms with E-state index in [0.29, 0.717) is 0 Å². The third kappa shape index (κ3) is 2.05. The second-order valence-electron chi connectivity index (χ2n) is 4.43. The van der Waals surface area contributed by atoms with Crippen molar-refractivity contribution in [3.05, 3.63) is 77.8 Å². The van der Waals surface area contributed by atoms with Crippen molar-refractivity contribution >= 4 is 28.4 Å². The Bertz CT molecular complexity index is 751. The first kappa shape index (κ1) is 12.0. The van der Waals surface area contributed by atoms with E-state index < -0.39 is 0 Å². The maximum absolute atomic E-state index is 6.26. The monoisotopic (exact) mass is 264 g/mol. The highest BCUT2D eigenvalue weighted by Crippen LogP contribution is 2.34. The summed E-state index contributed by atoms with van der Waals surface area (Å²) in [7, 11) is 0. The van der Waals surface area contributed by atoms with Gasteiger partial charge in [-0.3, -0.25) is 0 Å². The van der Waals surface area contributed by atoms with Crippen LogP contribution in [0.1, 0.15) is 5.56 Å². The fraction of sp³-hybridized carbons (Fsp3) is 0. The maximum atomic E-state index is 6.26. The first-order chi connectivity index (χ1) is 9.31. The van der Waals surface area contributed by atoms with E-state index in [-0.39, 0.29) is 0 Å². The van der Waals surface area contributed by atoms with Gasteiger partial charge in [0.15, 0.2) is 0 Å². The van der Waals surface area contributed by atoms with Crippen molar-refractivity contribution in [1.29, 1.82) is 0 Å². The van der Waals surface area contributed by atoms with E-state index in [4.69, 9.17) is 11.6 Å². The van der Waals surface area contributed by atoms with E-state index in [1.807, 2.05) is 18.2 Å². The molecular weight excluding hydrogens is 252 g/mol. The predicted molar refractivity (Wildman–Crippen MR) is 84.5 cm³/mol. The highest BCUT2D eigenvalue weighted by molar-refractivity contribution is 6.32. The Labute approximate surface area is 118 Å². The summed E-state index contributed by atoms with van der Waals surface area (Å²) in [5.74, 6) is 0. The van der Waals surface area contributed by atoms with E-state index >= 15 is 0 Å². The summed E-state index contributed by atoms with van der Waals surface area (Å²) in [5, 5.41) is 3.20. The average Bonchev–Trinajstić information content (AvgIpc) is 2.46. The number of benzene rings is 3. The molecule has 0 fully saturated rings. The van der Waals surface area contributed by atoms with Gasteiger partial charge in [-0.2, -0.15) is 0 Å². The molecule has 0 radical (unpaired) electrons. The first-order valence-electron chi connectivity index (χ1n) is 6.20. The van der Waals surface area contributed by atoms with Gasteiger partial charge in [0.25, 0.3) is 0 Å². The molecule has 0 aliphatic rings. The van der Waals surface area contributed by atoms with Crippen LogP contribution in [0.2, 0.25) is 5.02 Å². The van der Waals surface area contributed by atoms with Crippen molar-refractivity contribution in [3.8, 4) is 11.1 Å². The molecular formula is C18H13Cl. The van der Waals surface area contributed by atoms with Gasteiger partial charge in [-0.05, 0) is 28.0 Å². The molecule has 0 saturated carbocycles. The fourth-order valence-corrected chi connectivity index (χ4v) is 2.69. The van der Waals surface area contributed by atoms with E-state index in [9.17, 15) is 0 Å². The van der Waals surface area contributed by atoms with E-state index in [1.54, 1.807) is 0 Å². The van der Waals surface area contributed by atoms with Crippen LogP contribution in [0.15, 0.2) is 67.2 Å². The van der Waals surface area contributed by atoms with Gasteiger partial charge in [0.2, 0.25) is 0 Å². The molecule has 0 saturated heterocycles. The Morgan fingerprint density at radius 2 is 1.47 bits per heavy atom. The van der Waals surface area contributed by atoms with E-state index in [1.165, 1.54) is 16.3 Å². The smallest absolute Gasteiger partial charge is 0.0484 e. The average molecular weight is 265 g/mol. The molecule has 0 aromatic heterocycles. The number of rotatable bonds is 2. The molecule has 92 valence electrons. The lowest BCUT2D eigenvalue weighted by Crippen LogP contribution is -1.86. The van der Waals surface area contributed by atoms with Gasteiger partial charge in [-0.15, -0.1) is 0 Å². The summed E-state index contributed by atoms with van der Waals surface area (Å²) < 4.78 is 0. The summed E-state index contributed by atoms with van der Waals surface area (Å²) in [5.41, 5.74) is 3.30. The molecule has 3 aromatic carbocycles. The highest BCUT2D eigenvalue weighted by atomic mass is 35.5. The lowest BCUT2D eigenvalue weighted by molar-refractivity contribution is 1.62. The third-order valence-corrected chi connectivity index (χ3v) is 3.67. The Morgan fingerprint density at radius 1 is 0.789 bits per heavy atom. The minimum absolute atomic E-state index is 0.737. The number of halogens is 1. The van der Waals surface area contributed by atoms with Crippen LogP contribution in [0, 0.1) is 0 Å². The van der Waals surface area contributed by atoms with Crippen LogP contribution in [-0.2, 0) is 0 Å². The molecule has 3 aromatic rings. The van der Waals surface area contributed by atoms with Gasteiger partial charge in [0.05, 0.1) is 0 Å². The first-order valence-corrected chi connectivity index (χ1v) is 6.58. The normalized spacial score (nSPS) is 10.6. The lowest BCUT2D eigenvalue weighted by atomic mass is 9.94. The van der Waals surface area contributed by atoms with Crippen molar-refractivity contribution in [1.82, 2.24) is 0 Å². The molecule has 0 bridgehead atoms. The number of fused-ring (bicyclic) bond motifs is 1. The van der Waals surface area contributed by atoms with Crippen molar-refractivity contribution in [2.75, 3.05) is 0 Å². The van der Waals surface area contributed by atoms with Gasteiger partial charge in [0, 0.05) is 10.6 Å². The molecule has 0 heterocycles. The van der Waals surface area contributed by atoms with Crippen LogP contribution in [-0.4, -0.2) is 0 Å². The molecule has 3 rings (SSSR count). The summed E-state index contributed by atoms with van der Waals surface area (Å²) in [6.07, 6.45) is 1.82. The molecule has 0 atom stereocenters. The molecule has 0 unspecified atom stereocenters. The molecule has 19 heavy (non-hydrogen) atoms. The minimum atomic E-state index is 0.737. The zero-order valence-electron chi connectivity index (χ0n) is 10.4. The van der Waals surface area contributed by atoms with Crippen LogP contribution in [0.5, 0.6) is 0 Å². The Hall–Kier alpha value is -2.05. The topological polar surface area (TPSA) is 0 Å². The molecule has 0 spiro atoms. The predicted octanol–water partition coefficient (Wildman–Crippen LogP) is 5.80. The second kappa shape index (κ2) is 4.91. The van der Waals surface area contributed by atoms with Crippen molar-refractivity contribution in [2.45, 2.75) is 0 Å². The van der Waals surface area contributed by atoms with Gasteiger partial charge in [-0.1, -0.05) is 78.9 Å². The van der Waals surface area contributed by atoms with E-state index in [0.717, 1.165) is 16.1 Å². The van der Waals surface area contributed by atoms with Crippen molar-refractivity contribution in [2.24, 2.45) is 0 Å². The Morgan fingerprint density at radius 3 is 2.32 bits per heavy atom. The Kier molecular flexibility index (Phi) is 3.10. The molecule has 1 heteroatoms. The lowest BCUT2D eigenvalue weighted by Gasteiger charge is -2.11. The molecule has 0 amide bonds. The van der Waals surface area contributed by atoms with Crippen LogP contribution in [0.4, 0.5) is 0 Å². The molecule has 0 nitrogen and oxygen atoms in total. The van der Waals surface area contributed by atoms with Gasteiger partial charge in [-0.25, -0.2) is 0 Å². The molecule has 0 aliphatic carbocycles. The van der Waals surface area contributed by atoms with Gasteiger partial charge < -0.3 is 0 Å².